The first-order chi connectivity index (χ1) is 9.37. The van der Waals surface area contributed by atoms with Gasteiger partial charge < -0.3 is 10.0 Å². The average molecular weight is 281 g/mol. The number of carboxylic acids is 1. The van der Waals surface area contributed by atoms with Gasteiger partial charge >= 0.3 is 5.97 Å². The zero-order valence-corrected chi connectivity index (χ0v) is 12.7. The van der Waals surface area contributed by atoms with Gasteiger partial charge in [-0.1, -0.05) is 13.8 Å². The van der Waals surface area contributed by atoms with Crippen molar-refractivity contribution < 1.29 is 14.7 Å². The number of hydrogen-bond acceptors (Lipinski definition) is 2. The maximum atomic E-state index is 12.3. The first-order valence-corrected chi connectivity index (χ1v) is 7.88. The van der Waals surface area contributed by atoms with E-state index in [0.717, 1.165) is 25.8 Å². The molecule has 2 rings (SSSR count). The molecule has 1 aliphatic heterocycles. The molecule has 2 fully saturated rings. The molecule has 0 spiro atoms. The van der Waals surface area contributed by atoms with Crippen LogP contribution in [0, 0.1) is 17.3 Å². The second-order valence-electron chi connectivity index (χ2n) is 7.33. The van der Waals surface area contributed by atoms with Crippen LogP contribution in [-0.4, -0.2) is 35.0 Å². The zero-order chi connectivity index (χ0) is 14.8. The van der Waals surface area contributed by atoms with Gasteiger partial charge in [0.05, 0.1) is 5.92 Å². The third-order valence-electron chi connectivity index (χ3n) is 5.05. The molecule has 0 aromatic carbocycles. The first-order valence-electron chi connectivity index (χ1n) is 7.88. The van der Waals surface area contributed by atoms with E-state index in [1.54, 1.807) is 4.90 Å². The van der Waals surface area contributed by atoms with Gasteiger partial charge in [0.1, 0.15) is 0 Å². The Morgan fingerprint density at radius 3 is 2.45 bits per heavy atom. The Morgan fingerprint density at radius 2 is 1.85 bits per heavy atom. The topological polar surface area (TPSA) is 57.6 Å². The SMILES string of the molecule is CC1(C)CCC(CC(=O)N2CCCC(C(=O)O)C2)CC1. The molecule has 1 atom stereocenters. The van der Waals surface area contributed by atoms with Gasteiger partial charge in [-0.15, -0.1) is 0 Å². The highest BCUT2D eigenvalue weighted by molar-refractivity contribution is 5.78. The molecule has 1 heterocycles. The molecule has 4 heteroatoms. The predicted molar refractivity (Wildman–Crippen MR) is 77.3 cm³/mol. The Kier molecular flexibility index (Phi) is 4.71. The molecule has 1 amide bonds. The van der Waals surface area contributed by atoms with E-state index in [-0.39, 0.29) is 11.8 Å². The van der Waals surface area contributed by atoms with Crippen molar-refractivity contribution in [3.8, 4) is 0 Å². The number of carbonyl (C=O) groups is 2. The van der Waals surface area contributed by atoms with Crippen LogP contribution in [0.5, 0.6) is 0 Å². The van der Waals surface area contributed by atoms with Crippen molar-refractivity contribution in [1.29, 1.82) is 0 Å². The first kappa shape index (κ1) is 15.3. The highest BCUT2D eigenvalue weighted by Gasteiger charge is 2.31. The summed E-state index contributed by atoms with van der Waals surface area (Å²) < 4.78 is 0. The third-order valence-corrected chi connectivity index (χ3v) is 5.05. The van der Waals surface area contributed by atoms with E-state index in [2.05, 4.69) is 13.8 Å². The number of likely N-dealkylation sites (tertiary alicyclic amines) is 1. The van der Waals surface area contributed by atoms with Crippen LogP contribution in [0.3, 0.4) is 0 Å². The molecule has 1 saturated carbocycles. The lowest BCUT2D eigenvalue weighted by Gasteiger charge is -2.36. The second-order valence-corrected chi connectivity index (χ2v) is 7.33. The van der Waals surface area contributed by atoms with Crippen molar-refractivity contribution in [1.82, 2.24) is 4.90 Å². The lowest BCUT2D eigenvalue weighted by atomic mass is 9.72. The fourth-order valence-electron chi connectivity index (χ4n) is 3.44. The summed E-state index contributed by atoms with van der Waals surface area (Å²) in [6.45, 7) is 5.74. The van der Waals surface area contributed by atoms with E-state index in [4.69, 9.17) is 5.11 Å². The molecule has 1 aliphatic carbocycles. The monoisotopic (exact) mass is 281 g/mol. The summed E-state index contributed by atoms with van der Waals surface area (Å²) in [5.74, 6) is -0.457. The van der Waals surface area contributed by atoms with Crippen LogP contribution in [0.4, 0.5) is 0 Å². The normalized spacial score (nSPS) is 27.3. The van der Waals surface area contributed by atoms with Crippen LogP contribution in [0.25, 0.3) is 0 Å². The van der Waals surface area contributed by atoms with Gasteiger partial charge in [-0.3, -0.25) is 9.59 Å². The summed E-state index contributed by atoms with van der Waals surface area (Å²) in [5, 5.41) is 9.08. The maximum absolute atomic E-state index is 12.3. The zero-order valence-electron chi connectivity index (χ0n) is 12.7. The molecule has 4 nitrogen and oxygen atoms in total. The van der Waals surface area contributed by atoms with Gasteiger partial charge in [-0.05, 0) is 49.9 Å². The molecule has 0 radical (unpaired) electrons. The number of piperidine rings is 1. The Bertz CT molecular complexity index is 368. The third kappa shape index (κ3) is 3.97. The molecule has 0 aromatic heterocycles. The van der Waals surface area contributed by atoms with Gasteiger partial charge in [0, 0.05) is 19.5 Å². The van der Waals surface area contributed by atoms with E-state index < -0.39 is 5.97 Å². The van der Waals surface area contributed by atoms with Crippen LogP contribution in [0.15, 0.2) is 0 Å². The summed E-state index contributed by atoms with van der Waals surface area (Å²) in [6.07, 6.45) is 6.80. The number of hydrogen-bond donors (Lipinski definition) is 1. The number of rotatable bonds is 3. The smallest absolute Gasteiger partial charge is 0.308 e. The van der Waals surface area contributed by atoms with Gasteiger partial charge in [-0.25, -0.2) is 0 Å². The fourth-order valence-corrected chi connectivity index (χ4v) is 3.44. The lowest BCUT2D eigenvalue weighted by molar-refractivity contribution is -0.146. The average Bonchev–Trinajstić information content (AvgIpc) is 2.41. The Balaban J connectivity index is 1.81. The van der Waals surface area contributed by atoms with Crippen LogP contribution in [0.2, 0.25) is 0 Å². The van der Waals surface area contributed by atoms with Crippen molar-refractivity contribution in [3.05, 3.63) is 0 Å². The van der Waals surface area contributed by atoms with Crippen molar-refractivity contribution in [2.75, 3.05) is 13.1 Å². The molecule has 20 heavy (non-hydrogen) atoms. The number of amides is 1. The largest absolute Gasteiger partial charge is 0.481 e. The molecular formula is C16H27NO3. The molecule has 0 bridgehead atoms. The van der Waals surface area contributed by atoms with Crippen molar-refractivity contribution in [3.63, 3.8) is 0 Å². The van der Waals surface area contributed by atoms with Crippen LogP contribution < -0.4 is 0 Å². The summed E-state index contributed by atoms with van der Waals surface area (Å²) in [5.41, 5.74) is 0.430. The molecule has 1 N–H and O–H groups in total. The van der Waals surface area contributed by atoms with Gasteiger partial charge in [0.2, 0.25) is 5.91 Å². The minimum atomic E-state index is -0.762. The van der Waals surface area contributed by atoms with Crippen LogP contribution in [0.1, 0.15) is 58.8 Å². The highest BCUT2D eigenvalue weighted by atomic mass is 16.4. The number of nitrogens with zero attached hydrogens (tertiary/aromatic N) is 1. The second kappa shape index (κ2) is 6.15. The minimum absolute atomic E-state index is 0.167. The van der Waals surface area contributed by atoms with E-state index in [1.807, 2.05) is 0 Å². The highest BCUT2D eigenvalue weighted by Crippen LogP contribution is 2.39. The molecule has 2 aliphatic rings. The molecule has 0 aromatic rings. The van der Waals surface area contributed by atoms with Crippen molar-refractivity contribution >= 4 is 11.9 Å². The van der Waals surface area contributed by atoms with E-state index in [9.17, 15) is 9.59 Å². The quantitative estimate of drug-likeness (QED) is 0.865. The van der Waals surface area contributed by atoms with Gasteiger partial charge in [0.25, 0.3) is 0 Å². The molecule has 1 saturated heterocycles. The Hall–Kier alpha value is -1.06. The van der Waals surface area contributed by atoms with E-state index in [1.165, 1.54) is 12.8 Å². The summed E-state index contributed by atoms with van der Waals surface area (Å²) in [7, 11) is 0. The summed E-state index contributed by atoms with van der Waals surface area (Å²) in [4.78, 5) is 25.2. The Labute approximate surface area is 121 Å². The summed E-state index contributed by atoms with van der Waals surface area (Å²) in [6, 6.07) is 0. The maximum Gasteiger partial charge on any atom is 0.308 e. The lowest BCUT2D eigenvalue weighted by Crippen LogP contribution is -2.43. The van der Waals surface area contributed by atoms with Gasteiger partial charge in [-0.2, -0.15) is 0 Å². The molecule has 114 valence electrons. The predicted octanol–water partition coefficient (Wildman–Crippen LogP) is 2.92. The fraction of sp³-hybridized carbons (Fsp3) is 0.875. The van der Waals surface area contributed by atoms with Gasteiger partial charge in [0.15, 0.2) is 0 Å². The minimum Gasteiger partial charge on any atom is -0.481 e. The number of aliphatic carboxylic acids is 1. The van der Waals surface area contributed by atoms with Crippen molar-refractivity contribution in [2.24, 2.45) is 17.3 Å². The van der Waals surface area contributed by atoms with Crippen LogP contribution in [-0.2, 0) is 9.59 Å². The summed E-state index contributed by atoms with van der Waals surface area (Å²) >= 11 is 0. The van der Waals surface area contributed by atoms with Crippen LogP contribution >= 0.6 is 0 Å². The standard InChI is InChI=1S/C16H27NO3/c1-16(2)7-5-12(6-8-16)10-14(18)17-9-3-4-13(11-17)15(19)20/h12-13H,3-11H2,1-2H3,(H,19,20). The number of carbonyl (C=O) groups excluding carboxylic acids is 1. The number of carboxylic acid groups (broad SMARTS) is 1. The molecular weight excluding hydrogens is 254 g/mol. The van der Waals surface area contributed by atoms with Crippen molar-refractivity contribution in [2.45, 2.75) is 58.8 Å². The van der Waals surface area contributed by atoms with E-state index in [0.29, 0.717) is 30.7 Å². The molecule has 1 unspecified atom stereocenters. The Morgan fingerprint density at radius 1 is 1.20 bits per heavy atom. The van der Waals surface area contributed by atoms with E-state index >= 15 is 0 Å².